The summed E-state index contributed by atoms with van der Waals surface area (Å²) in [5, 5.41) is 0. The average Bonchev–Trinajstić information content (AvgIpc) is 3.32. The van der Waals surface area contributed by atoms with Crippen molar-refractivity contribution in [2.75, 3.05) is 26.2 Å². The lowest BCUT2D eigenvalue weighted by Crippen LogP contribution is -2.43. The van der Waals surface area contributed by atoms with Gasteiger partial charge in [0.2, 0.25) is 15.9 Å². The first-order valence-electron chi connectivity index (χ1n) is 9.87. The Labute approximate surface area is 156 Å². The summed E-state index contributed by atoms with van der Waals surface area (Å²) in [5.41, 5.74) is -0.167. The Kier molecular flexibility index (Phi) is 4.82. The van der Waals surface area contributed by atoms with E-state index in [4.69, 9.17) is 0 Å². The summed E-state index contributed by atoms with van der Waals surface area (Å²) < 4.78 is 27.9. The van der Waals surface area contributed by atoms with Crippen molar-refractivity contribution in [3.8, 4) is 0 Å². The molecule has 0 aromatic heterocycles. The zero-order valence-electron chi connectivity index (χ0n) is 15.3. The van der Waals surface area contributed by atoms with Crippen LogP contribution < -0.4 is 0 Å². The number of carbonyl (C=O) groups excluding carboxylic acids is 1. The maximum Gasteiger partial charge on any atom is 0.243 e. The molecule has 4 rings (SSSR count). The predicted molar refractivity (Wildman–Crippen MR) is 100 cm³/mol. The molecular weight excluding hydrogens is 348 g/mol. The minimum atomic E-state index is -3.54. The van der Waals surface area contributed by atoms with Crippen molar-refractivity contribution in [2.45, 2.75) is 49.8 Å². The lowest BCUT2D eigenvalue weighted by atomic mass is 9.67. The molecule has 1 unspecified atom stereocenters. The summed E-state index contributed by atoms with van der Waals surface area (Å²) in [5.74, 6) is 0.00884. The van der Waals surface area contributed by atoms with E-state index in [1.807, 2.05) is 11.0 Å². The van der Waals surface area contributed by atoms with Gasteiger partial charge in [-0.2, -0.15) is 4.31 Å². The first-order valence-corrected chi connectivity index (χ1v) is 11.3. The molecule has 1 aromatic carbocycles. The van der Waals surface area contributed by atoms with Gasteiger partial charge in [-0.05, 0) is 43.2 Å². The number of sulfonamides is 1. The van der Waals surface area contributed by atoms with Gasteiger partial charge in [0.15, 0.2) is 0 Å². The van der Waals surface area contributed by atoms with Gasteiger partial charge in [0.1, 0.15) is 0 Å². The Morgan fingerprint density at radius 1 is 0.962 bits per heavy atom. The summed E-state index contributed by atoms with van der Waals surface area (Å²) in [4.78, 5) is 15.5. The van der Waals surface area contributed by atoms with Crippen molar-refractivity contribution in [3.05, 3.63) is 30.3 Å². The minimum Gasteiger partial charge on any atom is -0.342 e. The molecule has 0 bridgehead atoms. The summed E-state index contributed by atoms with van der Waals surface area (Å²) >= 11 is 0. The minimum absolute atomic E-state index is 0.167. The third kappa shape index (κ3) is 3.07. The molecule has 1 aliphatic carbocycles. The van der Waals surface area contributed by atoms with Crippen molar-refractivity contribution < 1.29 is 13.2 Å². The molecule has 1 spiro atoms. The second-order valence-corrected chi connectivity index (χ2v) is 10.1. The van der Waals surface area contributed by atoms with E-state index in [0.29, 0.717) is 18.0 Å². The Bertz CT molecular complexity index is 751. The van der Waals surface area contributed by atoms with Gasteiger partial charge in [0.25, 0.3) is 0 Å². The van der Waals surface area contributed by atoms with Crippen LogP contribution in [0, 0.1) is 11.3 Å². The third-order valence-electron chi connectivity index (χ3n) is 6.56. The smallest absolute Gasteiger partial charge is 0.243 e. The van der Waals surface area contributed by atoms with Crippen molar-refractivity contribution >= 4 is 15.9 Å². The van der Waals surface area contributed by atoms with Crippen LogP contribution in [0.1, 0.15) is 44.9 Å². The molecule has 5 nitrogen and oxygen atoms in total. The van der Waals surface area contributed by atoms with Crippen LogP contribution in [-0.4, -0.2) is 49.7 Å². The predicted octanol–water partition coefficient (Wildman–Crippen LogP) is 2.88. The molecule has 3 fully saturated rings. The first-order chi connectivity index (χ1) is 12.5. The van der Waals surface area contributed by atoms with Crippen molar-refractivity contribution in [2.24, 2.45) is 11.3 Å². The van der Waals surface area contributed by atoms with E-state index in [1.165, 1.54) is 6.42 Å². The fourth-order valence-electron chi connectivity index (χ4n) is 5.11. The molecule has 1 atom stereocenters. The Morgan fingerprint density at radius 2 is 1.62 bits per heavy atom. The van der Waals surface area contributed by atoms with Crippen LogP contribution in [0.4, 0.5) is 0 Å². The number of amides is 1. The van der Waals surface area contributed by atoms with E-state index in [2.05, 4.69) is 0 Å². The molecular formula is C20H28N2O3S. The molecule has 2 aliphatic heterocycles. The first kappa shape index (κ1) is 18.0. The molecule has 6 heteroatoms. The van der Waals surface area contributed by atoms with Crippen LogP contribution in [0.5, 0.6) is 0 Å². The van der Waals surface area contributed by atoms with Crippen LogP contribution in [-0.2, 0) is 14.8 Å². The van der Waals surface area contributed by atoms with E-state index in [0.717, 1.165) is 51.6 Å². The summed E-state index contributed by atoms with van der Waals surface area (Å²) in [7, 11) is -3.54. The zero-order valence-corrected chi connectivity index (χ0v) is 16.1. The second-order valence-electron chi connectivity index (χ2n) is 8.12. The number of benzene rings is 1. The molecule has 2 saturated heterocycles. The zero-order chi connectivity index (χ0) is 18.2. The molecule has 1 aromatic rings. The van der Waals surface area contributed by atoms with Crippen molar-refractivity contribution in [3.63, 3.8) is 0 Å². The maximum absolute atomic E-state index is 13.2. The second kappa shape index (κ2) is 6.97. The van der Waals surface area contributed by atoms with Gasteiger partial charge in [-0.3, -0.25) is 4.79 Å². The van der Waals surface area contributed by atoms with Crippen LogP contribution in [0.25, 0.3) is 0 Å². The number of hydrogen-bond acceptors (Lipinski definition) is 3. The van der Waals surface area contributed by atoms with Gasteiger partial charge >= 0.3 is 0 Å². The molecule has 26 heavy (non-hydrogen) atoms. The number of nitrogens with zero attached hydrogens (tertiary/aromatic N) is 2. The highest BCUT2D eigenvalue weighted by Gasteiger charge is 2.54. The van der Waals surface area contributed by atoms with Crippen LogP contribution in [0.3, 0.4) is 0 Å². The maximum atomic E-state index is 13.2. The summed E-state index contributed by atoms with van der Waals surface area (Å²) in [6.45, 7) is 2.49. The quantitative estimate of drug-likeness (QED) is 0.815. The highest BCUT2D eigenvalue weighted by molar-refractivity contribution is 7.89. The number of carbonyl (C=O) groups is 1. The van der Waals surface area contributed by atoms with Gasteiger partial charge in [-0.1, -0.05) is 37.5 Å². The number of likely N-dealkylation sites (tertiary alicyclic amines) is 1. The SMILES string of the molecule is O=C(C1CN(S(=O)(=O)c2ccccc2)CC12CCCCC2)N1CCCC1. The topological polar surface area (TPSA) is 57.7 Å². The Hall–Kier alpha value is -1.40. The van der Waals surface area contributed by atoms with Crippen molar-refractivity contribution in [1.82, 2.24) is 9.21 Å². The fourth-order valence-corrected chi connectivity index (χ4v) is 6.68. The van der Waals surface area contributed by atoms with E-state index in [-0.39, 0.29) is 17.2 Å². The largest absolute Gasteiger partial charge is 0.342 e. The van der Waals surface area contributed by atoms with E-state index >= 15 is 0 Å². The third-order valence-corrected chi connectivity index (χ3v) is 8.39. The number of rotatable bonds is 3. The Morgan fingerprint density at radius 3 is 2.27 bits per heavy atom. The van der Waals surface area contributed by atoms with Crippen molar-refractivity contribution in [1.29, 1.82) is 0 Å². The van der Waals surface area contributed by atoms with Crippen LogP contribution in [0.2, 0.25) is 0 Å². The molecule has 1 amide bonds. The van der Waals surface area contributed by atoms with Crippen LogP contribution in [0.15, 0.2) is 35.2 Å². The molecule has 1 saturated carbocycles. The van der Waals surface area contributed by atoms with Gasteiger partial charge in [0.05, 0.1) is 10.8 Å². The van der Waals surface area contributed by atoms with Gasteiger partial charge in [-0.15, -0.1) is 0 Å². The normalized spacial score (nSPS) is 26.5. The summed E-state index contributed by atoms with van der Waals surface area (Å²) in [6.07, 6.45) is 7.47. The lowest BCUT2D eigenvalue weighted by Gasteiger charge is -2.38. The molecule has 3 aliphatic rings. The average molecular weight is 377 g/mol. The van der Waals surface area contributed by atoms with Gasteiger partial charge in [0, 0.05) is 26.2 Å². The molecule has 2 heterocycles. The monoisotopic (exact) mass is 376 g/mol. The van der Waals surface area contributed by atoms with E-state index < -0.39 is 10.0 Å². The van der Waals surface area contributed by atoms with Crippen LogP contribution >= 0.6 is 0 Å². The molecule has 142 valence electrons. The highest BCUT2D eigenvalue weighted by Crippen LogP contribution is 2.49. The van der Waals surface area contributed by atoms with E-state index in [9.17, 15) is 13.2 Å². The summed E-state index contributed by atoms with van der Waals surface area (Å²) in [6, 6.07) is 8.64. The fraction of sp³-hybridized carbons (Fsp3) is 0.650. The standard InChI is InChI=1S/C20H28N2O3S/c23-19(21-13-7-8-14-21)18-15-22(16-20(18)11-5-2-6-12-20)26(24,25)17-9-3-1-4-10-17/h1,3-4,9-10,18H,2,5-8,11-16H2. The van der Waals surface area contributed by atoms with Gasteiger partial charge < -0.3 is 4.90 Å². The lowest BCUT2D eigenvalue weighted by molar-refractivity contribution is -0.138. The number of hydrogen-bond donors (Lipinski definition) is 0. The van der Waals surface area contributed by atoms with E-state index in [1.54, 1.807) is 28.6 Å². The Balaban J connectivity index is 1.64. The van der Waals surface area contributed by atoms with Gasteiger partial charge in [-0.25, -0.2) is 8.42 Å². The molecule has 0 radical (unpaired) electrons. The molecule has 0 N–H and O–H groups in total. The highest BCUT2D eigenvalue weighted by atomic mass is 32.2.